The third-order valence-electron chi connectivity index (χ3n) is 6.27. The number of alkyl halides is 1. The molecule has 0 aromatic heterocycles. The second-order valence-electron chi connectivity index (χ2n) is 9.06. The summed E-state index contributed by atoms with van der Waals surface area (Å²) in [7, 11) is 0. The first kappa shape index (κ1) is 25.4. The van der Waals surface area contributed by atoms with Crippen molar-refractivity contribution >= 4 is 11.9 Å². The molecular formula is C29H29F2NO4. The van der Waals surface area contributed by atoms with Crippen LogP contribution in [0.4, 0.5) is 8.78 Å². The first-order chi connectivity index (χ1) is 17.4. The largest absolute Gasteiger partial charge is 0.493 e. The second kappa shape index (κ2) is 11.3. The Kier molecular flexibility index (Phi) is 7.98. The highest BCUT2D eigenvalue weighted by Gasteiger charge is 2.51. The number of ether oxygens (including phenoxy) is 1. The number of amides is 1. The summed E-state index contributed by atoms with van der Waals surface area (Å²) < 4.78 is 34.8. The molecule has 3 aromatic rings. The molecule has 0 atom stereocenters. The van der Waals surface area contributed by atoms with Crippen LogP contribution in [0.3, 0.4) is 0 Å². The van der Waals surface area contributed by atoms with Crippen LogP contribution in [-0.2, 0) is 11.3 Å². The molecule has 1 aliphatic carbocycles. The minimum absolute atomic E-state index is 0.0656. The maximum absolute atomic E-state index is 15.3. The van der Waals surface area contributed by atoms with Crippen molar-refractivity contribution in [2.24, 2.45) is 0 Å². The molecule has 188 valence electrons. The Balaban J connectivity index is 1.45. The van der Waals surface area contributed by atoms with Gasteiger partial charge in [0.2, 0.25) is 0 Å². The summed E-state index contributed by atoms with van der Waals surface area (Å²) in [4.78, 5) is 25.3. The first-order valence-corrected chi connectivity index (χ1v) is 12.2. The van der Waals surface area contributed by atoms with E-state index >= 15 is 4.39 Å². The van der Waals surface area contributed by atoms with Gasteiger partial charge in [-0.3, -0.25) is 9.59 Å². The lowest BCUT2D eigenvalue weighted by atomic mass is 10.0. The lowest BCUT2D eigenvalue weighted by Crippen LogP contribution is -2.39. The molecule has 0 bridgehead atoms. The molecule has 4 rings (SSSR count). The van der Waals surface area contributed by atoms with Crippen molar-refractivity contribution in [2.75, 3.05) is 6.61 Å². The Morgan fingerprint density at radius 3 is 2.36 bits per heavy atom. The van der Waals surface area contributed by atoms with Crippen LogP contribution < -0.4 is 4.74 Å². The summed E-state index contributed by atoms with van der Waals surface area (Å²) in [6.07, 6.45) is 2.73. The highest BCUT2D eigenvalue weighted by Crippen LogP contribution is 2.45. The number of para-hydroxylation sites is 1. The predicted molar refractivity (Wildman–Crippen MR) is 133 cm³/mol. The Hall–Kier alpha value is -3.74. The van der Waals surface area contributed by atoms with E-state index in [-0.39, 0.29) is 31.6 Å². The van der Waals surface area contributed by atoms with Gasteiger partial charge >= 0.3 is 5.97 Å². The van der Waals surface area contributed by atoms with Crippen LogP contribution in [0.1, 0.15) is 54.4 Å². The van der Waals surface area contributed by atoms with E-state index in [9.17, 15) is 14.0 Å². The van der Waals surface area contributed by atoms with Crippen LogP contribution in [0, 0.1) is 5.82 Å². The van der Waals surface area contributed by atoms with Gasteiger partial charge in [0.1, 0.15) is 11.6 Å². The van der Waals surface area contributed by atoms with Crippen molar-refractivity contribution in [3.05, 3.63) is 89.7 Å². The van der Waals surface area contributed by atoms with E-state index in [0.717, 1.165) is 12.0 Å². The monoisotopic (exact) mass is 493 g/mol. The number of hydrogen-bond acceptors (Lipinski definition) is 3. The molecule has 0 spiro atoms. The topological polar surface area (TPSA) is 66.8 Å². The third kappa shape index (κ3) is 6.47. The molecule has 1 fully saturated rings. The molecule has 1 amide bonds. The lowest BCUT2D eigenvalue weighted by molar-refractivity contribution is -0.137. The highest BCUT2D eigenvalue weighted by atomic mass is 19.1. The number of carbonyl (C=O) groups excluding carboxylic acids is 1. The highest BCUT2D eigenvalue weighted by molar-refractivity contribution is 5.95. The summed E-state index contributed by atoms with van der Waals surface area (Å²) >= 11 is 0. The van der Waals surface area contributed by atoms with Crippen LogP contribution in [0.5, 0.6) is 5.75 Å². The van der Waals surface area contributed by atoms with E-state index < -0.39 is 17.7 Å². The second-order valence-corrected chi connectivity index (χ2v) is 9.06. The SMILES string of the molecule is O=C(O)CCCCCOc1ccccc1CN(C(=O)c1ccc(-c2cccc(F)c2)cc1)C1(F)CC1. The van der Waals surface area contributed by atoms with Crippen LogP contribution in [0.2, 0.25) is 0 Å². The Bertz CT molecular complexity index is 1210. The average Bonchev–Trinajstić information content (AvgIpc) is 3.63. The number of nitrogens with zero attached hydrogens (tertiary/aromatic N) is 1. The zero-order valence-corrected chi connectivity index (χ0v) is 20.0. The van der Waals surface area contributed by atoms with Gasteiger partial charge in [-0.1, -0.05) is 42.5 Å². The number of halogens is 2. The summed E-state index contributed by atoms with van der Waals surface area (Å²) in [6, 6.07) is 20.2. The number of benzene rings is 3. The van der Waals surface area contributed by atoms with E-state index in [1.54, 1.807) is 42.5 Å². The predicted octanol–water partition coefficient (Wildman–Crippen LogP) is 6.62. The maximum atomic E-state index is 15.3. The van der Waals surface area contributed by atoms with Crippen molar-refractivity contribution < 1.29 is 28.2 Å². The molecule has 1 saturated carbocycles. The molecule has 0 heterocycles. The van der Waals surface area contributed by atoms with Gasteiger partial charge in [0.15, 0.2) is 5.79 Å². The normalized spacial score (nSPS) is 13.7. The fourth-order valence-corrected chi connectivity index (χ4v) is 4.08. The van der Waals surface area contributed by atoms with E-state index in [0.29, 0.717) is 41.9 Å². The molecule has 0 radical (unpaired) electrons. The Labute approximate surface area is 209 Å². The van der Waals surface area contributed by atoms with E-state index in [1.807, 2.05) is 18.2 Å². The molecule has 5 nitrogen and oxygen atoms in total. The quantitative estimate of drug-likeness (QED) is 0.228. The molecule has 36 heavy (non-hydrogen) atoms. The van der Waals surface area contributed by atoms with Gasteiger partial charge in [-0.15, -0.1) is 0 Å². The van der Waals surface area contributed by atoms with Crippen LogP contribution >= 0.6 is 0 Å². The number of rotatable bonds is 12. The number of aliphatic carboxylic acids is 1. The van der Waals surface area contributed by atoms with Gasteiger partial charge in [-0.05, 0) is 60.7 Å². The summed E-state index contributed by atoms with van der Waals surface area (Å²) in [5.41, 5.74) is 2.53. The molecule has 7 heteroatoms. The zero-order valence-electron chi connectivity index (χ0n) is 20.0. The minimum Gasteiger partial charge on any atom is -0.493 e. The van der Waals surface area contributed by atoms with Crippen molar-refractivity contribution in [1.82, 2.24) is 4.90 Å². The van der Waals surface area contributed by atoms with Crippen LogP contribution in [0.25, 0.3) is 11.1 Å². The molecule has 1 aliphatic rings. The van der Waals surface area contributed by atoms with Gasteiger partial charge in [0, 0.05) is 30.4 Å². The number of unbranched alkanes of at least 4 members (excludes halogenated alkanes) is 2. The maximum Gasteiger partial charge on any atom is 0.303 e. The molecule has 1 N–H and O–H groups in total. The number of carboxylic acid groups (broad SMARTS) is 1. The van der Waals surface area contributed by atoms with Crippen molar-refractivity contribution in [2.45, 2.75) is 50.9 Å². The van der Waals surface area contributed by atoms with Crippen molar-refractivity contribution in [3.63, 3.8) is 0 Å². The minimum atomic E-state index is -1.69. The van der Waals surface area contributed by atoms with Gasteiger partial charge in [0.25, 0.3) is 5.91 Å². The van der Waals surface area contributed by atoms with E-state index in [4.69, 9.17) is 9.84 Å². The van der Waals surface area contributed by atoms with E-state index in [1.165, 1.54) is 17.0 Å². The third-order valence-corrected chi connectivity index (χ3v) is 6.27. The molecule has 0 aliphatic heterocycles. The molecular weight excluding hydrogens is 464 g/mol. The number of carboxylic acids is 1. The molecule has 3 aromatic carbocycles. The van der Waals surface area contributed by atoms with Crippen LogP contribution in [0.15, 0.2) is 72.8 Å². The Morgan fingerprint density at radius 1 is 0.917 bits per heavy atom. The fourth-order valence-electron chi connectivity index (χ4n) is 4.08. The first-order valence-electron chi connectivity index (χ1n) is 12.2. The van der Waals surface area contributed by atoms with Gasteiger partial charge in [0.05, 0.1) is 13.2 Å². The van der Waals surface area contributed by atoms with Gasteiger partial charge < -0.3 is 14.7 Å². The van der Waals surface area contributed by atoms with Gasteiger partial charge in [-0.2, -0.15) is 0 Å². The molecule has 0 saturated heterocycles. The smallest absolute Gasteiger partial charge is 0.303 e. The lowest BCUT2D eigenvalue weighted by Gasteiger charge is -2.27. The van der Waals surface area contributed by atoms with Crippen LogP contribution in [-0.4, -0.2) is 34.3 Å². The number of hydrogen-bond donors (Lipinski definition) is 1. The average molecular weight is 494 g/mol. The zero-order chi connectivity index (χ0) is 25.5. The Morgan fingerprint density at radius 2 is 1.67 bits per heavy atom. The fraction of sp³-hybridized carbons (Fsp3) is 0.310. The molecule has 0 unspecified atom stereocenters. The van der Waals surface area contributed by atoms with Crippen molar-refractivity contribution in [3.8, 4) is 16.9 Å². The standard InChI is InChI=1S/C29H29F2NO4/c30-25-9-6-8-23(19-25)21-12-14-22(15-13-21)28(35)32(29(31)16-17-29)20-24-7-3-4-10-26(24)36-18-5-1-2-11-27(33)34/h3-4,6-10,12-15,19H,1-2,5,11,16-18,20H2,(H,33,34). The summed E-state index contributed by atoms with van der Waals surface area (Å²) in [5.74, 6) is -2.67. The van der Waals surface area contributed by atoms with Gasteiger partial charge in [-0.25, -0.2) is 8.78 Å². The van der Waals surface area contributed by atoms with E-state index in [2.05, 4.69) is 0 Å². The van der Waals surface area contributed by atoms with Crippen molar-refractivity contribution in [1.29, 1.82) is 0 Å². The summed E-state index contributed by atoms with van der Waals surface area (Å²) in [5, 5.41) is 8.73. The number of carbonyl (C=O) groups is 2. The summed E-state index contributed by atoms with van der Waals surface area (Å²) in [6.45, 7) is 0.475.